The Morgan fingerprint density at radius 2 is 0.825 bits per heavy atom. The van der Waals surface area contributed by atoms with Crippen LogP contribution in [0.3, 0.4) is 0 Å². The van der Waals surface area contributed by atoms with Crippen molar-refractivity contribution in [1.82, 2.24) is 4.90 Å². The molecule has 1 saturated heterocycles. The SMILES string of the molecule is CCCCCCCCCCC(CC(=O)O)(C(=O)O)C(CCCCCCCCCC)(C(=O)O)C(CCCCCCCCCC)(C(=O)O)C1CC(C)(C)N(C)C(C)(C)C1. The zero-order valence-corrected chi connectivity index (χ0v) is 38.2. The van der Waals surface area contributed by atoms with Crippen molar-refractivity contribution in [3.63, 3.8) is 0 Å². The maximum Gasteiger partial charge on any atom is 0.312 e. The average Bonchev–Trinajstić information content (AvgIpc) is 3.13. The van der Waals surface area contributed by atoms with Crippen LogP contribution in [0.25, 0.3) is 0 Å². The van der Waals surface area contributed by atoms with E-state index >= 15 is 0 Å². The topological polar surface area (TPSA) is 152 Å². The molecule has 1 aliphatic rings. The number of rotatable bonds is 35. The van der Waals surface area contributed by atoms with Crippen LogP contribution >= 0.6 is 0 Å². The summed E-state index contributed by atoms with van der Waals surface area (Å²) < 4.78 is 0. The van der Waals surface area contributed by atoms with Crippen LogP contribution in [0.15, 0.2) is 0 Å². The molecule has 0 spiro atoms. The van der Waals surface area contributed by atoms with Crippen LogP contribution in [0.5, 0.6) is 0 Å². The van der Waals surface area contributed by atoms with Crippen LogP contribution < -0.4 is 0 Å². The number of nitrogens with zero attached hydrogens (tertiary/aromatic N) is 1. The van der Waals surface area contributed by atoms with Gasteiger partial charge in [0.25, 0.3) is 0 Å². The van der Waals surface area contributed by atoms with Gasteiger partial charge in [-0.2, -0.15) is 0 Å². The molecule has 0 saturated carbocycles. The predicted octanol–water partition coefficient (Wildman–Crippen LogP) is 13.2. The summed E-state index contributed by atoms with van der Waals surface area (Å²) in [6.07, 6.45) is 21.5. The summed E-state index contributed by atoms with van der Waals surface area (Å²) in [6, 6.07) is 0. The molecule has 0 aliphatic carbocycles. The quantitative estimate of drug-likeness (QED) is 0.0458. The minimum Gasteiger partial charge on any atom is -0.481 e. The third-order valence-electron chi connectivity index (χ3n) is 14.5. The first-order chi connectivity index (χ1) is 26.9. The largest absolute Gasteiger partial charge is 0.481 e. The third kappa shape index (κ3) is 14.5. The molecule has 3 atom stereocenters. The first-order valence-corrected chi connectivity index (χ1v) is 23.6. The minimum atomic E-state index is -2.37. The number of piperidine rings is 1. The van der Waals surface area contributed by atoms with E-state index in [-0.39, 0.29) is 19.3 Å². The van der Waals surface area contributed by atoms with E-state index in [1.165, 1.54) is 6.42 Å². The summed E-state index contributed by atoms with van der Waals surface area (Å²) >= 11 is 0. The van der Waals surface area contributed by atoms with Crippen LogP contribution in [0, 0.1) is 22.2 Å². The standard InChI is InChI=1S/C48H89NO8/c1-9-12-15-18-21-24-27-30-33-46(41(52)53,38-40(50)51)48(43(56)57,35-32-29-26-23-20-17-14-11-3)47(42(54)55,34-31-28-25-22-19-16-13-10-2)39-36-44(4,5)49(8)45(6,7)37-39/h39H,9-38H2,1-8H3,(H,50,51)(H,52,53)(H,54,55)(H,56,57). The molecule has 57 heavy (non-hydrogen) atoms. The summed E-state index contributed by atoms with van der Waals surface area (Å²) in [6.45, 7) is 14.8. The van der Waals surface area contributed by atoms with E-state index in [4.69, 9.17) is 0 Å². The van der Waals surface area contributed by atoms with Crippen LogP contribution in [0.2, 0.25) is 0 Å². The van der Waals surface area contributed by atoms with Crippen LogP contribution in [-0.2, 0) is 19.2 Å². The monoisotopic (exact) mass is 808 g/mol. The average molecular weight is 808 g/mol. The molecule has 0 aromatic heterocycles. The molecule has 1 rings (SSSR count). The van der Waals surface area contributed by atoms with Crippen molar-refractivity contribution >= 4 is 23.9 Å². The molecule has 9 heteroatoms. The van der Waals surface area contributed by atoms with Gasteiger partial charge in [0.1, 0.15) is 5.41 Å². The van der Waals surface area contributed by atoms with E-state index < -0.39 is 63.5 Å². The molecule has 1 fully saturated rings. The molecular weight excluding hydrogens is 719 g/mol. The Morgan fingerprint density at radius 1 is 0.491 bits per heavy atom. The zero-order valence-electron chi connectivity index (χ0n) is 38.2. The molecule has 0 aromatic carbocycles. The van der Waals surface area contributed by atoms with Gasteiger partial charge in [0.05, 0.1) is 17.3 Å². The number of hydrogen-bond donors (Lipinski definition) is 4. The minimum absolute atomic E-state index is 0.00717. The molecule has 334 valence electrons. The molecule has 3 unspecified atom stereocenters. The number of carbonyl (C=O) groups is 4. The fourth-order valence-electron chi connectivity index (χ4n) is 11.0. The first kappa shape index (κ1) is 52.9. The maximum absolute atomic E-state index is 14.7. The fourth-order valence-corrected chi connectivity index (χ4v) is 11.0. The second kappa shape index (κ2) is 26.1. The summed E-state index contributed by atoms with van der Waals surface area (Å²) in [7, 11) is 2.02. The lowest BCUT2D eigenvalue weighted by molar-refractivity contribution is -0.221. The molecule has 0 radical (unpaired) electrons. The summed E-state index contributed by atoms with van der Waals surface area (Å²) in [5, 5.41) is 46.1. The second-order valence-corrected chi connectivity index (χ2v) is 19.4. The number of carboxylic acids is 4. The molecule has 1 heterocycles. The molecular formula is C48H89NO8. The highest BCUT2D eigenvalue weighted by Gasteiger charge is 2.75. The number of carboxylic acid groups (broad SMARTS) is 4. The van der Waals surface area contributed by atoms with Crippen LogP contribution in [0.1, 0.15) is 241 Å². The van der Waals surface area contributed by atoms with E-state index in [0.29, 0.717) is 51.4 Å². The molecule has 0 amide bonds. The lowest BCUT2D eigenvalue weighted by atomic mass is 9.40. The van der Waals surface area contributed by atoms with Gasteiger partial charge in [-0.25, -0.2) is 0 Å². The van der Waals surface area contributed by atoms with E-state index in [2.05, 4.69) is 53.4 Å². The molecule has 0 bridgehead atoms. The van der Waals surface area contributed by atoms with Crippen molar-refractivity contribution in [2.75, 3.05) is 7.05 Å². The van der Waals surface area contributed by atoms with Crippen LogP contribution in [0.4, 0.5) is 0 Å². The number of unbranched alkanes of at least 4 members (excludes halogenated alkanes) is 21. The van der Waals surface area contributed by atoms with Gasteiger partial charge in [0, 0.05) is 11.1 Å². The molecule has 0 aromatic rings. The van der Waals surface area contributed by atoms with Gasteiger partial charge in [0.2, 0.25) is 0 Å². The highest BCUT2D eigenvalue weighted by atomic mass is 16.4. The number of hydrogen-bond acceptors (Lipinski definition) is 5. The second-order valence-electron chi connectivity index (χ2n) is 19.4. The van der Waals surface area contributed by atoms with E-state index in [0.717, 1.165) is 109 Å². The predicted molar refractivity (Wildman–Crippen MR) is 233 cm³/mol. The Kier molecular flexibility index (Phi) is 24.2. The van der Waals surface area contributed by atoms with Crippen molar-refractivity contribution in [1.29, 1.82) is 0 Å². The van der Waals surface area contributed by atoms with Gasteiger partial charge in [-0.3, -0.25) is 24.1 Å². The van der Waals surface area contributed by atoms with E-state index in [1.54, 1.807) is 0 Å². The Balaban J connectivity index is 4.09. The van der Waals surface area contributed by atoms with E-state index in [9.17, 15) is 39.6 Å². The van der Waals surface area contributed by atoms with Gasteiger partial charge >= 0.3 is 23.9 Å². The Bertz CT molecular complexity index is 1170. The normalized spacial score (nSPS) is 19.0. The number of aliphatic carboxylic acids is 4. The van der Waals surface area contributed by atoms with Gasteiger partial charge in [-0.05, 0) is 72.8 Å². The third-order valence-corrected chi connectivity index (χ3v) is 14.5. The van der Waals surface area contributed by atoms with Crippen molar-refractivity contribution < 1.29 is 39.6 Å². The maximum atomic E-state index is 14.7. The summed E-state index contributed by atoms with van der Waals surface area (Å²) in [4.78, 5) is 58.9. The smallest absolute Gasteiger partial charge is 0.312 e. The highest BCUT2D eigenvalue weighted by molar-refractivity contribution is 5.95. The van der Waals surface area contributed by atoms with E-state index in [1.807, 2.05) is 7.05 Å². The van der Waals surface area contributed by atoms with Crippen LogP contribution in [-0.4, -0.2) is 67.3 Å². The zero-order chi connectivity index (χ0) is 43.2. The summed E-state index contributed by atoms with van der Waals surface area (Å²) in [5.41, 5.74) is -7.76. The van der Waals surface area contributed by atoms with Gasteiger partial charge in [0.15, 0.2) is 0 Å². The van der Waals surface area contributed by atoms with Crippen molar-refractivity contribution in [2.45, 2.75) is 252 Å². The van der Waals surface area contributed by atoms with Gasteiger partial charge < -0.3 is 20.4 Å². The lowest BCUT2D eigenvalue weighted by Gasteiger charge is -2.62. The Labute approximate surface area is 348 Å². The van der Waals surface area contributed by atoms with Crippen molar-refractivity contribution in [3.8, 4) is 0 Å². The van der Waals surface area contributed by atoms with Crippen molar-refractivity contribution in [3.05, 3.63) is 0 Å². The van der Waals surface area contributed by atoms with Crippen molar-refractivity contribution in [2.24, 2.45) is 22.2 Å². The fraction of sp³-hybridized carbons (Fsp3) is 0.917. The first-order valence-electron chi connectivity index (χ1n) is 23.6. The molecule has 4 N–H and O–H groups in total. The van der Waals surface area contributed by atoms with Gasteiger partial charge in [-0.1, -0.05) is 175 Å². The molecule has 9 nitrogen and oxygen atoms in total. The lowest BCUT2D eigenvalue weighted by Crippen LogP contribution is -2.70. The number of likely N-dealkylation sites (tertiary alicyclic amines) is 1. The highest BCUT2D eigenvalue weighted by Crippen LogP contribution is 2.67. The Morgan fingerprint density at radius 3 is 1.14 bits per heavy atom. The summed E-state index contributed by atoms with van der Waals surface area (Å²) in [5.74, 6) is -6.31. The van der Waals surface area contributed by atoms with Gasteiger partial charge in [-0.15, -0.1) is 0 Å². The molecule has 1 aliphatic heterocycles. The Hall–Kier alpha value is -2.16.